The maximum Gasteiger partial charge on any atom is 0.241 e. The van der Waals surface area contributed by atoms with Crippen LogP contribution in [0.15, 0.2) is 30.3 Å². The molecule has 1 N–H and O–H groups in total. The van der Waals surface area contributed by atoms with E-state index in [9.17, 15) is 4.79 Å². The molecular weight excluding hydrogens is 260 g/mol. The quantitative estimate of drug-likeness (QED) is 0.870. The van der Waals surface area contributed by atoms with Crippen molar-refractivity contribution in [3.8, 4) is 0 Å². The number of carbonyl (C=O) groups excluding carboxylic acids is 1. The number of amides is 1. The monoisotopic (exact) mass is 286 g/mol. The van der Waals surface area contributed by atoms with Gasteiger partial charge in [0.25, 0.3) is 0 Å². The molecule has 2 fully saturated rings. The SMILES string of the molecule is CCC(C)C1NC(c2ccccc2)N(CCC2CC2)C1=O. The second-order valence-corrected chi connectivity index (χ2v) is 6.61. The van der Waals surface area contributed by atoms with Crippen LogP contribution in [0.2, 0.25) is 0 Å². The van der Waals surface area contributed by atoms with Crippen molar-refractivity contribution in [1.82, 2.24) is 10.2 Å². The zero-order chi connectivity index (χ0) is 14.8. The highest BCUT2D eigenvalue weighted by molar-refractivity contribution is 5.84. The Labute approximate surface area is 127 Å². The minimum absolute atomic E-state index is 0.0283. The first kappa shape index (κ1) is 14.6. The van der Waals surface area contributed by atoms with E-state index in [0.717, 1.165) is 25.3 Å². The second-order valence-electron chi connectivity index (χ2n) is 6.61. The van der Waals surface area contributed by atoms with Gasteiger partial charge in [0.05, 0.1) is 6.04 Å². The molecule has 114 valence electrons. The molecule has 0 aromatic heterocycles. The molecule has 1 amide bonds. The summed E-state index contributed by atoms with van der Waals surface area (Å²) in [5, 5.41) is 3.58. The van der Waals surface area contributed by atoms with Crippen LogP contribution in [-0.2, 0) is 4.79 Å². The van der Waals surface area contributed by atoms with E-state index in [1.165, 1.54) is 18.4 Å². The normalized spacial score (nSPS) is 27.1. The molecule has 3 unspecified atom stereocenters. The van der Waals surface area contributed by atoms with Gasteiger partial charge in [-0.05, 0) is 23.8 Å². The fourth-order valence-corrected chi connectivity index (χ4v) is 3.16. The first-order valence-corrected chi connectivity index (χ1v) is 8.32. The van der Waals surface area contributed by atoms with Crippen molar-refractivity contribution >= 4 is 5.91 Å². The van der Waals surface area contributed by atoms with E-state index < -0.39 is 0 Å². The molecule has 1 saturated heterocycles. The van der Waals surface area contributed by atoms with E-state index in [-0.39, 0.29) is 12.2 Å². The molecular formula is C18H26N2O. The molecule has 2 aliphatic rings. The Morgan fingerprint density at radius 3 is 2.62 bits per heavy atom. The first-order chi connectivity index (χ1) is 10.2. The van der Waals surface area contributed by atoms with Gasteiger partial charge in [0, 0.05) is 6.54 Å². The largest absolute Gasteiger partial charge is 0.322 e. The zero-order valence-corrected chi connectivity index (χ0v) is 13.1. The van der Waals surface area contributed by atoms with Gasteiger partial charge in [-0.1, -0.05) is 63.4 Å². The van der Waals surface area contributed by atoms with Gasteiger partial charge in [0.15, 0.2) is 0 Å². The highest BCUT2D eigenvalue weighted by atomic mass is 16.2. The lowest BCUT2D eigenvalue weighted by molar-refractivity contribution is -0.131. The number of benzene rings is 1. The third-order valence-corrected chi connectivity index (χ3v) is 5.00. The molecule has 1 heterocycles. The number of rotatable bonds is 6. The molecule has 3 nitrogen and oxygen atoms in total. The van der Waals surface area contributed by atoms with Crippen LogP contribution in [-0.4, -0.2) is 23.4 Å². The smallest absolute Gasteiger partial charge is 0.241 e. The maximum atomic E-state index is 12.8. The Kier molecular flexibility index (Phi) is 4.29. The maximum absolute atomic E-state index is 12.8. The third kappa shape index (κ3) is 3.13. The zero-order valence-electron chi connectivity index (χ0n) is 13.1. The minimum atomic E-state index is -0.0283. The van der Waals surface area contributed by atoms with Crippen LogP contribution < -0.4 is 5.32 Å². The van der Waals surface area contributed by atoms with Gasteiger partial charge in [0.1, 0.15) is 6.17 Å². The van der Waals surface area contributed by atoms with E-state index in [4.69, 9.17) is 0 Å². The lowest BCUT2D eigenvalue weighted by atomic mass is 9.99. The van der Waals surface area contributed by atoms with E-state index in [0.29, 0.717) is 11.8 Å². The van der Waals surface area contributed by atoms with Gasteiger partial charge in [-0.3, -0.25) is 10.1 Å². The molecule has 1 aliphatic heterocycles. The van der Waals surface area contributed by atoms with Crippen LogP contribution in [0.25, 0.3) is 0 Å². The summed E-state index contributed by atoms with van der Waals surface area (Å²) in [6.07, 6.45) is 4.93. The molecule has 1 aromatic rings. The van der Waals surface area contributed by atoms with Gasteiger partial charge in [0.2, 0.25) is 5.91 Å². The number of nitrogens with zero attached hydrogens (tertiary/aromatic N) is 1. The summed E-state index contributed by atoms with van der Waals surface area (Å²) in [5.74, 6) is 1.53. The average molecular weight is 286 g/mol. The van der Waals surface area contributed by atoms with E-state index in [2.05, 4.69) is 48.3 Å². The molecule has 0 spiro atoms. The standard InChI is InChI=1S/C18H26N2O/c1-3-13(2)16-18(21)20(12-11-14-9-10-14)17(19-16)15-7-5-4-6-8-15/h4-8,13-14,16-17,19H,3,9-12H2,1-2H3. The summed E-state index contributed by atoms with van der Waals surface area (Å²) < 4.78 is 0. The number of hydrogen-bond donors (Lipinski definition) is 1. The summed E-state index contributed by atoms with van der Waals surface area (Å²) in [7, 11) is 0. The second kappa shape index (κ2) is 6.18. The molecule has 1 aliphatic carbocycles. The molecule has 3 heteroatoms. The van der Waals surface area contributed by atoms with Crippen molar-refractivity contribution in [2.45, 2.75) is 51.7 Å². The van der Waals surface area contributed by atoms with Crippen molar-refractivity contribution in [2.75, 3.05) is 6.54 Å². The topological polar surface area (TPSA) is 32.3 Å². The summed E-state index contributed by atoms with van der Waals surface area (Å²) in [6.45, 7) is 5.22. The Morgan fingerprint density at radius 1 is 1.29 bits per heavy atom. The number of hydrogen-bond acceptors (Lipinski definition) is 2. The third-order valence-electron chi connectivity index (χ3n) is 5.00. The summed E-state index contributed by atoms with van der Waals surface area (Å²) in [5.41, 5.74) is 1.20. The molecule has 0 radical (unpaired) electrons. The molecule has 3 atom stereocenters. The number of carbonyl (C=O) groups is 1. The van der Waals surface area contributed by atoms with Crippen LogP contribution >= 0.6 is 0 Å². The van der Waals surface area contributed by atoms with Crippen molar-refractivity contribution in [1.29, 1.82) is 0 Å². The van der Waals surface area contributed by atoms with E-state index >= 15 is 0 Å². The Balaban J connectivity index is 1.78. The summed E-state index contributed by atoms with van der Waals surface area (Å²) in [4.78, 5) is 14.9. The van der Waals surface area contributed by atoms with Crippen molar-refractivity contribution in [3.63, 3.8) is 0 Å². The van der Waals surface area contributed by atoms with Crippen LogP contribution in [0, 0.1) is 11.8 Å². The fraction of sp³-hybridized carbons (Fsp3) is 0.611. The van der Waals surface area contributed by atoms with Gasteiger partial charge < -0.3 is 4.90 Å². The first-order valence-electron chi connectivity index (χ1n) is 8.32. The molecule has 0 bridgehead atoms. The van der Waals surface area contributed by atoms with Crippen LogP contribution in [0.1, 0.15) is 51.3 Å². The van der Waals surface area contributed by atoms with Gasteiger partial charge in [-0.15, -0.1) is 0 Å². The van der Waals surface area contributed by atoms with Gasteiger partial charge in [-0.25, -0.2) is 0 Å². The average Bonchev–Trinajstić information content (AvgIpc) is 3.29. The van der Waals surface area contributed by atoms with Crippen molar-refractivity contribution < 1.29 is 4.79 Å². The van der Waals surface area contributed by atoms with Crippen LogP contribution in [0.4, 0.5) is 0 Å². The lowest BCUT2D eigenvalue weighted by Gasteiger charge is -2.24. The van der Waals surface area contributed by atoms with Crippen molar-refractivity contribution in [2.24, 2.45) is 11.8 Å². The predicted octanol–water partition coefficient (Wildman–Crippen LogP) is 3.33. The molecule has 1 aromatic carbocycles. The fourth-order valence-electron chi connectivity index (χ4n) is 3.16. The Morgan fingerprint density at radius 2 is 2.00 bits per heavy atom. The lowest BCUT2D eigenvalue weighted by Crippen LogP contribution is -2.36. The molecule has 3 rings (SSSR count). The van der Waals surface area contributed by atoms with Gasteiger partial charge >= 0.3 is 0 Å². The summed E-state index contributed by atoms with van der Waals surface area (Å²) in [6, 6.07) is 10.3. The van der Waals surface area contributed by atoms with E-state index in [1.54, 1.807) is 0 Å². The Bertz CT molecular complexity index is 483. The molecule has 21 heavy (non-hydrogen) atoms. The summed E-state index contributed by atoms with van der Waals surface area (Å²) >= 11 is 0. The Hall–Kier alpha value is -1.35. The van der Waals surface area contributed by atoms with Crippen LogP contribution in [0.5, 0.6) is 0 Å². The van der Waals surface area contributed by atoms with Crippen LogP contribution in [0.3, 0.4) is 0 Å². The highest BCUT2D eigenvalue weighted by Gasteiger charge is 2.41. The molecule has 1 saturated carbocycles. The van der Waals surface area contributed by atoms with Gasteiger partial charge in [-0.2, -0.15) is 0 Å². The highest BCUT2D eigenvalue weighted by Crippen LogP contribution is 2.35. The minimum Gasteiger partial charge on any atom is -0.322 e. The van der Waals surface area contributed by atoms with E-state index in [1.807, 2.05) is 6.07 Å². The number of nitrogens with one attached hydrogen (secondary N) is 1. The van der Waals surface area contributed by atoms with Crippen molar-refractivity contribution in [3.05, 3.63) is 35.9 Å². The predicted molar refractivity (Wildman–Crippen MR) is 84.6 cm³/mol.